The van der Waals surface area contributed by atoms with Crippen LogP contribution in [0.25, 0.3) is 5.57 Å². The molecule has 3 rings (SSSR count). The number of nitrogens with zero attached hydrogens (tertiary/aromatic N) is 1. The molecule has 2 aromatic carbocycles. The van der Waals surface area contributed by atoms with Gasteiger partial charge in [0, 0.05) is 0 Å². The first kappa shape index (κ1) is 15.1. The number of hydrogen-bond donors (Lipinski definition) is 0. The van der Waals surface area contributed by atoms with E-state index in [0.29, 0.717) is 12.0 Å². The molecule has 0 spiro atoms. The molecule has 0 bridgehead atoms. The van der Waals surface area contributed by atoms with Crippen LogP contribution in [-0.2, 0) is 17.6 Å². The van der Waals surface area contributed by atoms with Crippen molar-refractivity contribution in [2.45, 2.75) is 19.3 Å². The van der Waals surface area contributed by atoms with Crippen molar-refractivity contribution >= 4 is 11.5 Å². The van der Waals surface area contributed by atoms with Crippen molar-refractivity contribution in [3.8, 4) is 6.07 Å². The average molecular weight is 303 g/mol. The molecule has 0 heterocycles. The number of fused-ring (bicyclic) bond motifs is 1. The molecule has 3 nitrogen and oxygen atoms in total. The highest BCUT2D eigenvalue weighted by Gasteiger charge is 2.18. The molecule has 0 saturated carbocycles. The zero-order chi connectivity index (χ0) is 16.2. The maximum Gasteiger partial charge on any atom is 0.337 e. The maximum absolute atomic E-state index is 11.8. The van der Waals surface area contributed by atoms with Gasteiger partial charge in [0.15, 0.2) is 0 Å². The topological polar surface area (TPSA) is 50.1 Å². The van der Waals surface area contributed by atoms with E-state index in [9.17, 15) is 4.79 Å². The Morgan fingerprint density at radius 2 is 2.04 bits per heavy atom. The number of carbonyl (C=O) groups is 1. The lowest BCUT2D eigenvalue weighted by Gasteiger charge is -2.20. The highest BCUT2D eigenvalue weighted by molar-refractivity contribution is 5.93. The highest BCUT2D eigenvalue weighted by atomic mass is 16.5. The molecule has 2 aromatic rings. The maximum atomic E-state index is 11.8. The van der Waals surface area contributed by atoms with Crippen molar-refractivity contribution in [3.63, 3.8) is 0 Å². The van der Waals surface area contributed by atoms with E-state index in [1.807, 2.05) is 42.5 Å². The summed E-state index contributed by atoms with van der Waals surface area (Å²) in [5, 5.41) is 9.06. The largest absolute Gasteiger partial charge is 0.465 e. The van der Waals surface area contributed by atoms with Crippen molar-refractivity contribution in [1.82, 2.24) is 0 Å². The molecule has 1 aliphatic carbocycles. The first-order chi connectivity index (χ1) is 11.2. The van der Waals surface area contributed by atoms with Crippen LogP contribution in [0.5, 0.6) is 0 Å². The Labute approximate surface area is 135 Å². The van der Waals surface area contributed by atoms with Gasteiger partial charge in [0.25, 0.3) is 0 Å². The fourth-order valence-corrected chi connectivity index (χ4v) is 3.05. The average Bonchev–Trinajstić information content (AvgIpc) is 2.61. The Morgan fingerprint density at radius 3 is 2.83 bits per heavy atom. The van der Waals surface area contributed by atoms with Crippen LogP contribution in [0.1, 0.15) is 39.0 Å². The summed E-state index contributed by atoms with van der Waals surface area (Å²) in [4.78, 5) is 11.8. The molecule has 0 amide bonds. The lowest BCUT2D eigenvalue weighted by atomic mass is 9.84. The lowest BCUT2D eigenvalue weighted by molar-refractivity contribution is 0.0600. The predicted molar refractivity (Wildman–Crippen MR) is 88.9 cm³/mol. The summed E-state index contributed by atoms with van der Waals surface area (Å²) >= 11 is 0. The quantitative estimate of drug-likeness (QED) is 0.808. The zero-order valence-electron chi connectivity index (χ0n) is 13.0. The molecule has 0 unspecified atom stereocenters. The molecular weight excluding hydrogens is 286 g/mol. The first-order valence-electron chi connectivity index (χ1n) is 7.61. The summed E-state index contributed by atoms with van der Waals surface area (Å²) in [5.74, 6) is -0.331. The van der Waals surface area contributed by atoms with Crippen LogP contribution in [0.2, 0.25) is 0 Å². The fraction of sp³-hybridized carbons (Fsp3) is 0.200. The van der Waals surface area contributed by atoms with Crippen molar-refractivity contribution in [2.75, 3.05) is 7.11 Å². The second-order valence-electron chi connectivity index (χ2n) is 5.51. The third-order valence-corrected chi connectivity index (χ3v) is 4.16. The van der Waals surface area contributed by atoms with E-state index in [1.165, 1.54) is 12.7 Å². The van der Waals surface area contributed by atoms with Crippen LogP contribution in [0.4, 0.5) is 0 Å². The smallest absolute Gasteiger partial charge is 0.337 e. The Balaban J connectivity index is 2.12. The minimum absolute atomic E-state index is 0.331. The van der Waals surface area contributed by atoms with Gasteiger partial charge in [-0.1, -0.05) is 36.4 Å². The van der Waals surface area contributed by atoms with E-state index in [2.05, 4.69) is 12.1 Å². The Hall–Kier alpha value is -2.86. The third-order valence-electron chi connectivity index (χ3n) is 4.16. The molecule has 0 aromatic heterocycles. The minimum Gasteiger partial charge on any atom is -0.465 e. The van der Waals surface area contributed by atoms with Gasteiger partial charge in [0.2, 0.25) is 0 Å². The molecule has 0 atom stereocenters. The second kappa shape index (κ2) is 6.50. The van der Waals surface area contributed by atoms with E-state index in [-0.39, 0.29) is 5.97 Å². The van der Waals surface area contributed by atoms with Gasteiger partial charge in [-0.3, -0.25) is 0 Å². The van der Waals surface area contributed by atoms with Gasteiger partial charge in [-0.25, -0.2) is 4.79 Å². The third kappa shape index (κ3) is 2.89. The van der Waals surface area contributed by atoms with Gasteiger partial charge in [-0.2, -0.15) is 5.26 Å². The van der Waals surface area contributed by atoms with Gasteiger partial charge in [-0.15, -0.1) is 0 Å². The van der Waals surface area contributed by atoms with Gasteiger partial charge < -0.3 is 4.74 Å². The van der Waals surface area contributed by atoms with Crippen LogP contribution in [0.3, 0.4) is 0 Å². The van der Waals surface area contributed by atoms with E-state index in [1.54, 1.807) is 0 Å². The Bertz CT molecular complexity index is 828. The molecule has 0 saturated heterocycles. The van der Waals surface area contributed by atoms with Crippen molar-refractivity contribution in [3.05, 3.63) is 76.4 Å². The van der Waals surface area contributed by atoms with E-state index in [0.717, 1.165) is 35.1 Å². The molecular formula is C20H17NO2. The number of methoxy groups -OCH3 is 1. The number of hydrogen-bond acceptors (Lipinski definition) is 3. The van der Waals surface area contributed by atoms with Gasteiger partial charge >= 0.3 is 5.97 Å². The zero-order valence-corrected chi connectivity index (χ0v) is 13.0. The number of allylic oxidation sites excluding steroid dienone is 1. The lowest BCUT2D eigenvalue weighted by Crippen LogP contribution is -2.07. The van der Waals surface area contributed by atoms with E-state index in [4.69, 9.17) is 10.00 Å². The number of aryl methyl sites for hydroxylation is 1. The summed E-state index contributed by atoms with van der Waals surface area (Å²) in [6.45, 7) is 0. The molecule has 1 aliphatic rings. The van der Waals surface area contributed by atoms with E-state index < -0.39 is 0 Å². The standard InChI is InChI=1S/C20H17NO2/c1-23-20(22)16-10-9-14-6-4-8-18(19(14)13-16)17-7-3-2-5-15(17)11-12-21/h2-3,5,7-10,13H,4,6,11H2,1H3. The van der Waals surface area contributed by atoms with Crippen LogP contribution in [-0.4, -0.2) is 13.1 Å². The van der Waals surface area contributed by atoms with Crippen LogP contribution in [0.15, 0.2) is 48.5 Å². The highest BCUT2D eigenvalue weighted by Crippen LogP contribution is 2.34. The first-order valence-corrected chi connectivity index (χ1v) is 7.61. The molecule has 0 radical (unpaired) electrons. The normalized spacial score (nSPS) is 12.8. The fourth-order valence-electron chi connectivity index (χ4n) is 3.05. The second-order valence-corrected chi connectivity index (χ2v) is 5.51. The number of ether oxygens (including phenoxy) is 1. The van der Waals surface area contributed by atoms with Crippen molar-refractivity contribution < 1.29 is 9.53 Å². The van der Waals surface area contributed by atoms with Crippen LogP contribution < -0.4 is 0 Å². The predicted octanol–water partition coefficient (Wildman–Crippen LogP) is 3.92. The summed E-state index contributed by atoms with van der Waals surface area (Å²) in [5.41, 5.74) is 6.01. The van der Waals surface area contributed by atoms with Crippen LogP contribution >= 0.6 is 0 Å². The van der Waals surface area contributed by atoms with E-state index >= 15 is 0 Å². The Kier molecular flexibility index (Phi) is 4.25. The number of benzene rings is 2. The van der Waals surface area contributed by atoms with Gasteiger partial charge in [0.1, 0.15) is 0 Å². The number of rotatable bonds is 3. The summed E-state index contributed by atoms with van der Waals surface area (Å²) in [6.07, 6.45) is 4.49. The molecule has 3 heteroatoms. The summed E-state index contributed by atoms with van der Waals surface area (Å²) < 4.78 is 4.83. The SMILES string of the molecule is COC(=O)c1ccc2c(c1)C(c1ccccc1CC#N)=CCC2. The number of esters is 1. The molecule has 0 fully saturated rings. The number of nitriles is 1. The van der Waals surface area contributed by atoms with Crippen LogP contribution in [0, 0.1) is 11.3 Å². The van der Waals surface area contributed by atoms with Crippen molar-refractivity contribution in [1.29, 1.82) is 5.26 Å². The summed E-state index contributed by atoms with van der Waals surface area (Å²) in [7, 11) is 1.39. The molecule has 0 aliphatic heterocycles. The summed E-state index contributed by atoms with van der Waals surface area (Å²) in [6, 6.07) is 15.9. The number of carbonyl (C=O) groups excluding carboxylic acids is 1. The molecule has 0 N–H and O–H groups in total. The minimum atomic E-state index is -0.331. The molecule has 114 valence electrons. The Morgan fingerprint density at radius 1 is 1.22 bits per heavy atom. The molecule has 23 heavy (non-hydrogen) atoms. The van der Waals surface area contributed by atoms with Gasteiger partial charge in [-0.05, 0) is 52.8 Å². The monoisotopic (exact) mass is 303 g/mol. The van der Waals surface area contributed by atoms with Crippen molar-refractivity contribution in [2.24, 2.45) is 0 Å². The van der Waals surface area contributed by atoms with Gasteiger partial charge in [0.05, 0.1) is 25.2 Å².